The van der Waals surface area contributed by atoms with Gasteiger partial charge in [0.2, 0.25) is 5.88 Å². The van der Waals surface area contributed by atoms with E-state index >= 15 is 0 Å². The maximum Gasteiger partial charge on any atom is 0.213 e. The summed E-state index contributed by atoms with van der Waals surface area (Å²) in [5, 5.41) is 19.3. The summed E-state index contributed by atoms with van der Waals surface area (Å²) in [7, 11) is 0. The van der Waals surface area contributed by atoms with Crippen LogP contribution in [0.5, 0.6) is 5.88 Å². The molecule has 4 rings (SSSR count). The van der Waals surface area contributed by atoms with E-state index in [9.17, 15) is 10.4 Å². The van der Waals surface area contributed by atoms with Crippen LogP contribution in [0, 0.1) is 18.3 Å². The van der Waals surface area contributed by atoms with E-state index in [1.165, 1.54) is 0 Å². The van der Waals surface area contributed by atoms with Crippen molar-refractivity contribution in [2.75, 3.05) is 18.0 Å². The molecule has 0 aliphatic carbocycles. The van der Waals surface area contributed by atoms with Crippen molar-refractivity contribution in [3.8, 4) is 23.2 Å². The molecular formula is C23H22N4O2. The van der Waals surface area contributed by atoms with Gasteiger partial charge in [-0.2, -0.15) is 5.26 Å². The van der Waals surface area contributed by atoms with Gasteiger partial charge in [0.1, 0.15) is 6.10 Å². The number of aromatic nitrogens is 2. The molecule has 6 heteroatoms. The van der Waals surface area contributed by atoms with E-state index in [1.807, 2.05) is 49.4 Å². The van der Waals surface area contributed by atoms with Gasteiger partial charge in [0, 0.05) is 30.8 Å². The Morgan fingerprint density at radius 1 is 1.21 bits per heavy atom. The van der Waals surface area contributed by atoms with Crippen molar-refractivity contribution in [2.45, 2.75) is 26.1 Å². The lowest BCUT2D eigenvalue weighted by atomic mass is 10.0. The third-order valence-corrected chi connectivity index (χ3v) is 5.08. The maximum atomic E-state index is 9.91. The Morgan fingerprint density at radius 2 is 2.07 bits per heavy atom. The highest BCUT2D eigenvalue weighted by atomic mass is 16.5. The number of ether oxygens (including phenoxy) is 1. The Hall–Kier alpha value is -3.43. The fourth-order valence-electron chi connectivity index (χ4n) is 3.59. The van der Waals surface area contributed by atoms with Gasteiger partial charge in [0.15, 0.2) is 0 Å². The van der Waals surface area contributed by atoms with Crippen LogP contribution in [0.1, 0.15) is 23.2 Å². The zero-order chi connectivity index (χ0) is 20.2. The number of rotatable bonds is 5. The molecule has 0 spiro atoms. The summed E-state index contributed by atoms with van der Waals surface area (Å²) in [5.74, 6) is 0.631. The standard InChI is InChI=1S/C23H22N4O2/c1-16-6-9-23(25-13-16)29-18-10-11-27(14-18)22-8-7-20(26-21(22)15-28)19-5-3-2-4-17(19)12-24/h2-9,13,18,28H,10-11,14-15H2,1H3. The van der Waals surface area contributed by atoms with Crippen LogP contribution in [0.25, 0.3) is 11.3 Å². The molecule has 1 unspecified atom stereocenters. The Labute approximate surface area is 170 Å². The van der Waals surface area contributed by atoms with E-state index in [0.717, 1.165) is 29.8 Å². The van der Waals surface area contributed by atoms with E-state index in [4.69, 9.17) is 4.74 Å². The largest absolute Gasteiger partial charge is 0.472 e. The molecule has 1 atom stereocenters. The molecule has 1 fully saturated rings. The van der Waals surface area contributed by atoms with Crippen molar-refractivity contribution in [2.24, 2.45) is 0 Å². The molecule has 3 aromatic rings. The Kier molecular flexibility index (Phi) is 5.41. The van der Waals surface area contributed by atoms with Crippen LogP contribution < -0.4 is 9.64 Å². The summed E-state index contributed by atoms with van der Waals surface area (Å²) in [4.78, 5) is 11.1. The molecule has 29 heavy (non-hydrogen) atoms. The van der Waals surface area contributed by atoms with Crippen molar-refractivity contribution in [1.29, 1.82) is 5.26 Å². The molecule has 0 saturated carbocycles. The molecule has 1 N–H and O–H groups in total. The molecule has 1 aliphatic heterocycles. The van der Waals surface area contributed by atoms with Gasteiger partial charge in [-0.25, -0.2) is 9.97 Å². The number of nitriles is 1. The predicted molar refractivity (Wildman–Crippen MR) is 111 cm³/mol. The molecule has 2 aromatic heterocycles. The first-order chi connectivity index (χ1) is 14.2. The summed E-state index contributed by atoms with van der Waals surface area (Å²) >= 11 is 0. The summed E-state index contributed by atoms with van der Waals surface area (Å²) in [6, 6.07) is 17.3. The average molecular weight is 386 g/mol. The lowest BCUT2D eigenvalue weighted by molar-refractivity contribution is 0.215. The molecule has 1 aromatic carbocycles. The molecule has 0 amide bonds. The van der Waals surface area contributed by atoms with Gasteiger partial charge in [-0.05, 0) is 30.7 Å². The van der Waals surface area contributed by atoms with Gasteiger partial charge in [-0.15, -0.1) is 0 Å². The van der Waals surface area contributed by atoms with Gasteiger partial charge in [-0.1, -0.05) is 24.3 Å². The van der Waals surface area contributed by atoms with Crippen LogP contribution in [0.4, 0.5) is 5.69 Å². The Morgan fingerprint density at radius 3 is 2.83 bits per heavy atom. The SMILES string of the molecule is Cc1ccc(OC2CCN(c3ccc(-c4ccccc4C#N)nc3CO)C2)nc1. The fourth-order valence-corrected chi connectivity index (χ4v) is 3.59. The number of benzene rings is 1. The molecule has 1 saturated heterocycles. The van der Waals surface area contributed by atoms with Gasteiger partial charge < -0.3 is 14.7 Å². The van der Waals surface area contributed by atoms with Crippen LogP contribution in [-0.4, -0.2) is 34.3 Å². The van der Waals surface area contributed by atoms with Crippen LogP contribution >= 0.6 is 0 Å². The van der Waals surface area contributed by atoms with Gasteiger partial charge >= 0.3 is 0 Å². The summed E-state index contributed by atoms with van der Waals surface area (Å²) in [5.41, 5.74) is 4.62. The normalized spacial score (nSPS) is 15.9. The van der Waals surface area contributed by atoms with Crippen LogP contribution in [0.15, 0.2) is 54.7 Å². The predicted octanol–water partition coefficient (Wildman–Crippen LogP) is 3.47. The maximum absolute atomic E-state index is 9.91. The zero-order valence-electron chi connectivity index (χ0n) is 16.2. The van der Waals surface area contributed by atoms with E-state index in [1.54, 1.807) is 12.3 Å². The first-order valence-electron chi connectivity index (χ1n) is 9.62. The van der Waals surface area contributed by atoms with Crippen molar-refractivity contribution in [3.05, 3.63) is 71.5 Å². The second kappa shape index (κ2) is 8.29. The Bertz CT molecular complexity index is 1040. The minimum absolute atomic E-state index is 0.0377. The second-order valence-corrected chi connectivity index (χ2v) is 7.13. The highest BCUT2D eigenvalue weighted by Crippen LogP contribution is 2.29. The minimum atomic E-state index is -0.167. The molecule has 0 radical (unpaired) electrons. The van der Waals surface area contributed by atoms with Crippen molar-refractivity contribution in [1.82, 2.24) is 9.97 Å². The molecule has 146 valence electrons. The fraction of sp³-hybridized carbons (Fsp3) is 0.261. The number of hydrogen-bond donors (Lipinski definition) is 1. The van der Waals surface area contributed by atoms with Gasteiger partial charge in [0.05, 0.1) is 41.9 Å². The number of hydrogen-bond acceptors (Lipinski definition) is 6. The van der Waals surface area contributed by atoms with E-state index in [0.29, 0.717) is 29.4 Å². The lowest BCUT2D eigenvalue weighted by Gasteiger charge is -2.21. The smallest absolute Gasteiger partial charge is 0.213 e. The summed E-state index contributed by atoms with van der Waals surface area (Å²) in [6.45, 7) is 3.35. The monoisotopic (exact) mass is 386 g/mol. The number of aliphatic hydroxyl groups excluding tert-OH is 1. The third kappa shape index (κ3) is 4.05. The number of anilines is 1. The summed E-state index contributed by atoms with van der Waals surface area (Å²) < 4.78 is 6.01. The van der Waals surface area contributed by atoms with Gasteiger partial charge in [-0.3, -0.25) is 0 Å². The Balaban J connectivity index is 1.53. The van der Waals surface area contributed by atoms with E-state index < -0.39 is 0 Å². The van der Waals surface area contributed by atoms with Crippen molar-refractivity contribution in [3.63, 3.8) is 0 Å². The molecular weight excluding hydrogens is 364 g/mol. The first-order valence-corrected chi connectivity index (χ1v) is 9.62. The minimum Gasteiger partial charge on any atom is -0.472 e. The van der Waals surface area contributed by atoms with Crippen molar-refractivity contribution < 1.29 is 9.84 Å². The molecule has 3 heterocycles. The summed E-state index contributed by atoms with van der Waals surface area (Å²) in [6.07, 6.45) is 2.71. The van der Waals surface area contributed by atoms with Crippen molar-refractivity contribution >= 4 is 5.69 Å². The number of nitrogens with zero attached hydrogens (tertiary/aromatic N) is 4. The third-order valence-electron chi connectivity index (χ3n) is 5.08. The zero-order valence-corrected chi connectivity index (χ0v) is 16.2. The number of pyridine rings is 2. The van der Waals surface area contributed by atoms with E-state index in [-0.39, 0.29) is 12.7 Å². The molecule has 1 aliphatic rings. The lowest BCUT2D eigenvalue weighted by Crippen LogP contribution is -2.26. The van der Waals surface area contributed by atoms with Crippen LogP contribution in [-0.2, 0) is 6.61 Å². The van der Waals surface area contributed by atoms with Crippen LogP contribution in [0.2, 0.25) is 0 Å². The quantitative estimate of drug-likeness (QED) is 0.723. The first kappa shape index (κ1) is 18.9. The van der Waals surface area contributed by atoms with E-state index in [2.05, 4.69) is 20.9 Å². The molecule has 6 nitrogen and oxygen atoms in total. The number of aliphatic hydroxyl groups is 1. The topological polar surface area (TPSA) is 82.3 Å². The molecule has 0 bridgehead atoms. The highest BCUT2D eigenvalue weighted by Gasteiger charge is 2.26. The van der Waals surface area contributed by atoms with Crippen LogP contribution in [0.3, 0.4) is 0 Å². The average Bonchev–Trinajstić information content (AvgIpc) is 3.23. The number of aryl methyl sites for hydroxylation is 1. The van der Waals surface area contributed by atoms with Gasteiger partial charge in [0.25, 0.3) is 0 Å². The highest BCUT2D eigenvalue weighted by molar-refractivity contribution is 5.69. The second-order valence-electron chi connectivity index (χ2n) is 7.13.